The number of halogens is 1. The number of benzene rings is 1. The smallest absolute Gasteiger partial charge is 0.0637 e. The molecule has 0 fully saturated rings. The molecule has 1 atom stereocenters. The molecule has 78 valence electrons. The summed E-state index contributed by atoms with van der Waals surface area (Å²) < 4.78 is 0. The van der Waals surface area contributed by atoms with Crippen molar-refractivity contribution in [2.24, 2.45) is 11.7 Å². The van der Waals surface area contributed by atoms with Gasteiger partial charge in [0.1, 0.15) is 0 Å². The first-order valence-electron chi connectivity index (χ1n) is 4.92. The lowest BCUT2D eigenvalue weighted by Gasteiger charge is -2.11. The average molecular weight is 213 g/mol. The lowest BCUT2D eigenvalue weighted by molar-refractivity contribution is 0.561. The highest BCUT2D eigenvalue weighted by Gasteiger charge is 2.00. The first kappa shape index (κ1) is 11.3. The largest absolute Gasteiger partial charge is 0.384 e. The standard InChI is InChI=1S/C11H17ClN2/c1-9(8-13)6-7-14-11-5-3-2-4-10(11)12/h2-5,9,14H,6-8,13H2,1H3. The molecule has 0 heterocycles. The Bertz CT molecular complexity index is 276. The van der Waals surface area contributed by atoms with Crippen LogP contribution in [0.5, 0.6) is 0 Å². The summed E-state index contributed by atoms with van der Waals surface area (Å²) in [5.74, 6) is 0.560. The van der Waals surface area contributed by atoms with Gasteiger partial charge in [-0.25, -0.2) is 0 Å². The van der Waals surface area contributed by atoms with Crippen LogP contribution in [0.4, 0.5) is 5.69 Å². The molecule has 0 saturated carbocycles. The average Bonchev–Trinajstić information content (AvgIpc) is 2.20. The Balaban J connectivity index is 2.35. The number of hydrogen-bond donors (Lipinski definition) is 2. The highest BCUT2D eigenvalue weighted by molar-refractivity contribution is 6.33. The molecule has 0 radical (unpaired) electrons. The maximum atomic E-state index is 5.99. The molecule has 1 aromatic carbocycles. The Morgan fingerprint density at radius 1 is 1.43 bits per heavy atom. The van der Waals surface area contributed by atoms with E-state index in [1.807, 2.05) is 24.3 Å². The summed E-state index contributed by atoms with van der Waals surface area (Å²) in [6.45, 7) is 3.81. The number of para-hydroxylation sites is 1. The molecule has 0 aliphatic heterocycles. The molecule has 1 rings (SSSR count). The topological polar surface area (TPSA) is 38.0 Å². The van der Waals surface area contributed by atoms with Gasteiger partial charge in [0.2, 0.25) is 0 Å². The monoisotopic (exact) mass is 212 g/mol. The number of nitrogens with one attached hydrogen (secondary N) is 1. The number of anilines is 1. The van der Waals surface area contributed by atoms with E-state index in [1.54, 1.807) is 0 Å². The Hall–Kier alpha value is -0.730. The van der Waals surface area contributed by atoms with E-state index in [4.69, 9.17) is 17.3 Å². The minimum atomic E-state index is 0.560. The second kappa shape index (κ2) is 5.89. The third-order valence-corrected chi connectivity index (χ3v) is 2.56. The van der Waals surface area contributed by atoms with Gasteiger partial charge in [-0.1, -0.05) is 30.7 Å². The molecule has 2 nitrogen and oxygen atoms in total. The quantitative estimate of drug-likeness (QED) is 0.788. The van der Waals surface area contributed by atoms with Crippen molar-refractivity contribution < 1.29 is 0 Å². The maximum Gasteiger partial charge on any atom is 0.0637 e. The first-order chi connectivity index (χ1) is 6.74. The summed E-state index contributed by atoms with van der Waals surface area (Å²) in [4.78, 5) is 0. The van der Waals surface area contributed by atoms with Crippen molar-refractivity contribution in [3.63, 3.8) is 0 Å². The van der Waals surface area contributed by atoms with Gasteiger partial charge in [0.15, 0.2) is 0 Å². The fourth-order valence-corrected chi connectivity index (χ4v) is 1.38. The first-order valence-corrected chi connectivity index (χ1v) is 5.30. The summed E-state index contributed by atoms with van der Waals surface area (Å²) in [7, 11) is 0. The summed E-state index contributed by atoms with van der Waals surface area (Å²) in [6, 6.07) is 7.77. The third-order valence-electron chi connectivity index (χ3n) is 2.23. The van der Waals surface area contributed by atoms with Crippen molar-refractivity contribution in [2.45, 2.75) is 13.3 Å². The predicted molar refractivity (Wildman–Crippen MR) is 62.8 cm³/mol. The molecule has 0 amide bonds. The van der Waals surface area contributed by atoms with Crippen molar-refractivity contribution in [1.82, 2.24) is 0 Å². The van der Waals surface area contributed by atoms with Gasteiger partial charge in [0.05, 0.1) is 10.7 Å². The van der Waals surface area contributed by atoms with Crippen molar-refractivity contribution in [3.8, 4) is 0 Å². The number of rotatable bonds is 5. The third kappa shape index (κ3) is 3.56. The Labute approximate surface area is 90.4 Å². The maximum absolute atomic E-state index is 5.99. The molecule has 1 aromatic rings. The van der Waals surface area contributed by atoms with Gasteiger partial charge in [-0.3, -0.25) is 0 Å². The summed E-state index contributed by atoms with van der Waals surface area (Å²) in [5, 5.41) is 4.06. The summed E-state index contributed by atoms with van der Waals surface area (Å²) in [5.41, 5.74) is 6.53. The fraction of sp³-hybridized carbons (Fsp3) is 0.455. The van der Waals surface area contributed by atoms with E-state index >= 15 is 0 Å². The zero-order chi connectivity index (χ0) is 10.4. The van der Waals surface area contributed by atoms with Crippen molar-refractivity contribution >= 4 is 17.3 Å². The summed E-state index contributed by atoms with van der Waals surface area (Å²) in [6.07, 6.45) is 1.07. The van der Waals surface area contributed by atoms with Crippen molar-refractivity contribution in [3.05, 3.63) is 29.3 Å². The van der Waals surface area contributed by atoms with Crippen LogP contribution in [-0.4, -0.2) is 13.1 Å². The van der Waals surface area contributed by atoms with Crippen LogP contribution in [0.2, 0.25) is 5.02 Å². The Morgan fingerprint density at radius 3 is 2.79 bits per heavy atom. The Kier molecular flexibility index (Phi) is 4.77. The lowest BCUT2D eigenvalue weighted by atomic mass is 10.1. The van der Waals surface area contributed by atoms with E-state index in [0.717, 1.165) is 30.2 Å². The Morgan fingerprint density at radius 2 is 2.14 bits per heavy atom. The van der Waals surface area contributed by atoms with Crippen LogP contribution in [0.15, 0.2) is 24.3 Å². The number of nitrogens with two attached hydrogens (primary N) is 1. The fourth-order valence-electron chi connectivity index (χ4n) is 1.18. The van der Waals surface area contributed by atoms with Crippen LogP contribution >= 0.6 is 11.6 Å². The molecule has 3 heteroatoms. The van der Waals surface area contributed by atoms with Crippen LogP contribution in [0.25, 0.3) is 0 Å². The zero-order valence-corrected chi connectivity index (χ0v) is 9.22. The van der Waals surface area contributed by atoms with Crippen LogP contribution in [0, 0.1) is 5.92 Å². The number of hydrogen-bond acceptors (Lipinski definition) is 2. The molecule has 0 bridgehead atoms. The summed E-state index contributed by atoms with van der Waals surface area (Å²) >= 11 is 5.99. The molecule has 3 N–H and O–H groups in total. The SMILES string of the molecule is CC(CN)CCNc1ccccc1Cl. The zero-order valence-electron chi connectivity index (χ0n) is 8.46. The highest BCUT2D eigenvalue weighted by atomic mass is 35.5. The molecule has 1 unspecified atom stereocenters. The van der Waals surface area contributed by atoms with Crippen LogP contribution in [0.1, 0.15) is 13.3 Å². The normalized spacial score (nSPS) is 12.5. The lowest BCUT2D eigenvalue weighted by Crippen LogP contribution is -2.15. The van der Waals surface area contributed by atoms with Gasteiger partial charge in [-0.2, -0.15) is 0 Å². The molecule has 0 aliphatic rings. The molecule has 0 aliphatic carbocycles. The molecule has 0 spiro atoms. The van der Waals surface area contributed by atoms with E-state index < -0.39 is 0 Å². The minimum Gasteiger partial charge on any atom is -0.384 e. The van der Waals surface area contributed by atoms with Crippen LogP contribution in [0.3, 0.4) is 0 Å². The van der Waals surface area contributed by atoms with Crippen molar-refractivity contribution in [1.29, 1.82) is 0 Å². The van der Waals surface area contributed by atoms with Gasteiger partial charge in [0.25, 0.3) is 0 Å². The van der Waals surface area contributed by atoms with Crippen LogP contribution < -0.4 is 11.1 Å². The molecule has 0 aromatic heterocycles. The highest BCUT2D eigenvalue weighted by Crippen LogP contribution is 2.20. The van der Waals surface area contributed by atoms with Crippen LogP contribution in [-0.2, 0) is 0 Å². The molecular weight excluding hydrogens is 196 g/mol. The molecule has 14 heavy (non-hydrogen) atoms. The van der Waals surface area contributed by atoms with Gasteiger partial charge < -0.3 is 11.1 Å². The molecular formula is C11H17ClN2. The van der Waals surface area contributed by atoms with E-state index in [1.165, 1.54) is 0 Å². The predicted octanol–water partition coefficient (Wildman–Crippen LogP) is 2.74. The van der Waals surface area contributed by atoms with E-state index in [-0.39, 0.29) is 0 Å². The van der Waals surface area contributed by atoms with Gasteiger partial charge in [-0.15, -0.1) is 0 Å². The van der Waals surface area contributed by atoms with Crippen molar-refractivity contribution in [2.75, 3.05) is 18.4 Å². The second-order valence-electron chi connectivity index (χ2n) is 3.54. The molecule has 0 saturated heterocycles. The van der Waals surface area contributed by atoms with Gasteiger partial charge in [-0.05, 0) is 31.0 Å². The van der Waals surface area contributed by atoms with Gasteiger partial charge in [0, 0.05) is 6.54 Å². The second-order valence-corrected chi connectivity index (χ2v) is 3.94. The van der Waals surface area contributed by atoms with E-state index in [9.17, 15) is 0 Å². The van der Waals surface area contributed by atoms with Gasteiger partial charge >= 0.3 is 0 Å². The minimum absolute atomic E-state index is 0.560. The van der Waals surface area contributed by atoms with E-state index in [2.05, 4.69) is 12.2 Å². The van der Waals surface area contributed by atoms with E-state index in [0.29, 0.717) is 5.92 Å².